The highest BCUT2D eigenvalue weighted by atomic mass is 79.9. The first-order valence-electron chi connectivity index (χ1n) is 6.24. The summed E-state index contributed by atoms with van der Waals surface area (Å²) < 4.78 is 6.27. The molecule has 20 heavy (non-hydrogen) atoms. The number of nitrogens with two attached hydrogens (primary N) is 1. The number of primary amides is 1. The zero-order chi connectivity index (χ0) is 15.0. The van der Waals surface area contributed by atoms with Gasteiger partial charge in [0, 0.05) is 11.0 Å². The van der Waals surface area contributed by atoms with Crippen LogP contribution in [0.25, 0.3) is 0 Å². The Balaban J connectivity index is 2.56. The molecule has 0 heterocycles. The van der Waals surface area contributed by atoms with E-state index in [4.69, 9.17) is 10.5 Å². The van der Waals surface area contributed by atoms with Gasteiger partial charge in [-0.3, -0.25) is 10.1 Å². The molecule has 0 atom stereocenters. The fourth-order valence-electron chi connectivity index (χ4n) is 1.50. The topological polar surface area (TPSA) is 93.4 Å². The molecular weight excluding hydrogens is 326 g/mol. The fraction of sp³-hybridized carbons (Fsp3) is 0.385. The predicted octanol–water partition coefficient (Wildman–Crippen LogP) is 1.52. The highest BCUT2D eigenvalue weighted by Crippen LogP contribution is 2.22. The molecule has 1 rings (SSSR count). The molecule has 0 bridgehead atoms. The Morgan fingerprint density at radius 2 is 2.15 bits per heavy atom. The van der Waals surface area contributed by atoms with Crippen molar-refractivity contribution in [3.05, 3.63) is 28.2 Å². The lowest BCUT2D eigenvalue weighted by Crippen LogP contribution is -2.38. The third-order valence-electron chi connectivity index (χ3n) is 2.39. The van der Waals surface area contributed by atoms with Gasteiger partial charge in [0.1, 0.15) is 5.75 Å². The van der Waals surface area contributed by atoms with Crippen molar-refractivity contribution in [3.8, 4) is 5.75 Å². The largest absolute Gasteiger partial charge is 0.484 e. The van der Waals surface area contributed by atoms with E-state index >= 15 is 0 Å². The number of imide groups is 1. The molecule has 1 aromatic rings. The first kappa shape index (κ1) is 16.5. The molecule has 7 heteroatoms. The molecule has 0 radical (unpaired) electrons. The number of rotatable bonds is 7. The summed E-state index contributed by atoms with van der Waals surface area (Å²) in [6.07, 6.45) is 1.06. The van der Waals surface area contributed by atoms with Crippen molar-refractivity contribution in [1.29, 1.82) is 0 Å². The number of carbonyl (C=O) groups is 2. The molecule has 0 saturated heterocycles. The van der Waals surface area contributed by atoms with E-state index in [2.05, 4.69) is 28.2 Å². The Labute approximate surface area is 126 Å². The van der Waals surface area contributed by atoms with E-state index in [1.54, 1.807) is 6.07 Å². The van der Waals surface area contributed by atoms with Crippen LogP contribution in [0.4, 0.5) is 4.79 Å². The van der Waals surface area contributed by atoms with Gasteiger partial charge in [0.2, 0.25) is 0 Å². The summed E-state index contributed by atoms with van der Waals surface area (Å²) in [4.78, 5) is 21.7. The minimum atomic E-state index is -0.890. The van der Waals surface area contributed by atoms with E-state index in [1.165, 1.54) is 0 Å². The number of nitrogens with one attached hydrogen (secondary N) is 2. The SMILES string of the molecule is CCCNCc1cc(OCC(=O)NC(N)=O)ccc1Br. The minimum absolute atomic E-state index is 0.258. The Kier molecular flexibility index (Phi) is 7.03. The van der Waals surface area contributed by atoms with Crippen LogP contribution >= 0.6 is 15.9 Å². The second-order valence-corrected chi connectivity index (χ2v) is 4.99. The van der Waals surface area contributed by atoms with Crippen LogP contribution < -0.4 is 21.1 Å². The van der Waals surface area contributed by atoms with Crippen molar-refractivity contribution in [1.82, 2.24) is 10.6 Å². The first-order valence-corrected chi connectivity index (χ1v) is 7.03. The number of carbonyl (C=O) groups excluding carboxylic acids is 2. The monoisotopic (exact) mass is 343 g/mol. The van der Waals surface area contributed by atoms with Crippen LogP contribution in [0.2, 0.25) is 0 Å². The molecule has 0 unspecified atom stereocenters. The lowest BCUT2D eigenvalue weighted by molar-refractivity contribution is -0.121. The van der Waals surface area contributed by atoms with Crippen LogP contribution in [0.15, 0.2) is 22.7 Å². The van der Waals surface area contributed by atoms with Gasteiger partial charge in [0.15, 0.2) is 6.61 Å². The minimum Gasteiger partial charge on any atom is -0.484 e. The third-order valence-corrected chi connectivity index (χ3v) is 3.17. The molecular formula is C13H18BrN3O3. The van der Waals surface area contributed by atoms with Crippen LogP contribution in [0.5, 0.6) is 5.75 Å². The summed E-state index contributed by atoms with van der Waals surface area (Å²) in [5, 5.41) is 5.22. The lowest BCUT2D eigenvalue weighted by Gasteiger charge is -2.10. The summed E-state index contributed by atoms with van der Waals surface area (Å²) in [6, 6.07) is 4.54. The number of urea groups is 1. The molecule has 4 N–H and O–H groups in total. The lowest BCUT2D eigenvalue weighted by atomic mass is 10.2. The van der Waals surface area contributed by atoms with Gasteiger partial charge in [-0.15, -0.1) is 0 Å². The summed E-state index contributed by atoms with van der Waals surface area (Å²) in [5.74, 6) is -0.0211. The van der Waals surface area contributed by atoms with Crippen LogP contribution in [0.1, 0.15) is 18.9 Å². The quantitative estimate of drug-likeness (QED) is 0.654. The average molecular weight is 344 g/mol. The van der Waals surface area contributed by atoms with Crippen molar-refractivity contribution in [2.45, 2.75) is 19.9 Å². The predicted molar refractivity (Wildman–Crippen MR) is 79.4 cm³/mol. The number of benzene rings is 1. The van der Waals surface area contributed by atoms with E-state index in [1.807, 2.05) is 17.4 Å². The van der Waals surface area contributed by atoms with Gasteiger partial charge in [-0.1, -0.05) is 22.9 Å². The van der Waals surface area contributed by atoms with E-state index in [-0.39, 0.29) is 6.61 Å². The van der Waals surface area contributed by atoms with Crippen molar-refractivity contribution >= 4 is 27.9 Å². The van der Waals surface area contributed by atoms with Crippen molar-refractivity contribution < 1.29 is 14.3 Å². The number of hydrogen-bond acceptors (Lipinski definition) is 4. The third kappa shape index (κ3) is 6.03. The summed E-state index contributed by atoms with van der Waals surface area (Å²) in [6.45, 7) is 3.48. The zero-order valence-corrected chi connectivity index (χ0v) is 12.8. The number of amides is 3. The Hall–Kier alpha value is -1.60. The highest BCUT2D eigenvalue weighted by Gasteiger charge is 2.07. The zero-order valence-electron chi connectivity index (χ0n) is 11.2. The summed E-state index contributed by atoms with van der Waals surface area (Å²) in [7, 11) is 0. The molecule has 0 fully saturated rings. The fourth-order valence-corrected chi connectivity index (χ4v) is 1.89. The van der Waals surface area contributed by atoms with E-state index in [0.717, 1.165) is 23.0 Å². The first-order chi connectivity index (χ1) is 9.52. The smallest absolute Gasteiger partial charge is 0.318 e. The number of ether oxygens (including phenoxy) is 1. The van der Waals surface area contributed by atoms with Gasteiger partial charge in [-0.2, -0.15) is 0 Å². The van der Waals surface area contributed by atoms with Gasteiger partial charge in [-0.25, -0.2) is 4.79 Å². The van der Waals surface area contributed by atoms with Crippen LogP contribution in [0, 0.1) is 0 Å². The van der Waals surface area contributed by atoms with Crippen molar-refractivity contribution in [2.75, 3.05) is 13.2 Å². The molecule has 0 aliphatic rings. The Morgan fingerprint density at radius 3 is 2.80 bits per heavy atom. The average Bonchev–Trinajstić information content (AvgIpc) is 2.39. The maximum atomic E-state index is 11.2. The summed E-state index contributed by atoms with van der Waals surface area (Å²) in [5.41, 5.74) is 5.87. The Morgan fingerprint density at radius 1 is 1.40 bits per heavy atom. The van der Waals surface area contributed by atoms with E-state index in [0.29, 0.717) is 12.3 Å². The second-order valence-electron chi connectivity index (χ2n) is 4.13. The summed E-state index contributed by atoms with van der Waals surface area (Å²) >= 11 is 3.46. The molecule has 1 aromatic carbocycles. The molecule has 0 saturated carbocycles. The molecule has 0 aliphatic heterocycles. The maximum absolute atomic E-state index is 11.2. The van der Waals surface area contributed by atoms with Crippen molar-refractivity contribution in [2.24, 2.45) is 5.73 Å². The molecule has 110 valence electrons. The molecule has 0 aromatic heterocycles. The van der Waals surface area contributed by atoms with Gasteiger partial charge in [-0.05, 0) is 36.7 Å². The molecule has 0 spiro atoms. The highest BCUT2D eigenvalue weighted by molar-refractivity contribution is 9.10. The number of halogens is 1. The standard InChI is InChI=1S/C13H18BrN3O3/c1-2-5-16-7-9-6-10(3-4-11(9)14)20-8-12(18)17-13(15)19/h3-4,6,16H,2,5,7-8H2,1H3,(H3,15,17,18,19). The molecule has 0 aliphatic carbocycles. The maximum Gasteiger partial charge on any atom is 0.318 e. The van der Waals surface area contributed by atoms with Gasteiger partial charge >= 0.3 is 6.03 Å². The van der Waals surface area contributed by atoms with Crippen LogP contribution in [0.3, 0.4) is 0 Å². The van der Waals surface area contributed by atoms with Gasteiger partial charge < -0.3 is 15.8 Å². The van der Waals surface area contributed by atoms with Crippen LogP contribution in [-0.4, -0.2) is 25.1 Å². The second kappa shape index (κ2) is 8.55. The van der Waals surface area contributed by atoms with E-state index in [9.17, 15) is 9.59 Å². The molecule has 6 nitrogen and oxygen atoms in total. The van der Waals surface area contributed by atoms with Crippen LogP contribution in [-0.2, 0) is 11.3 Å². The van der Waals surface area contributed by atoms with Crippen molar-refractivity contribution in [3.63, 3.8) is 0 Å². The Bertz CT molecular complexity index is 480. The van der Waals surface area contributed by atoms with E-state index < -0.39 is 11.9 Å². The normalized spacial score (nSPS) is 10.1. The number of hydrogen-bond donors (Lipinski definition) is 3. The van der Waals surface area contributed by atoms with Gasteiger partial charge in [0.05, 0.1) is 0 Å². The molecule has 3 amide bonds. The van der Waals surface area contributed by atoms with Gasteiger partial charge in [0.25, 0.3) is 5.91 Å².